The van der Waals surface area contributed by atoms with Crippen LogP contribution in [0.5, 0.6) is 0 Å². The van der Waals surface area contributed by atoms with Gasteiger partial charge in [-0.2, -0.15) is 4.31 Å². The lowest BCUT2D eigenvalue weighted by Gasteiger charge is -2.55. The summed E-state index contributed by atoms with van der Waals surface area (Å²) >= 11 is 0. The van der Waals surface area contributed by atoms with Gasteiger partial charge in [0.15, 0.2) is 0 Å². The van der Waals surface area contributed by atoms with Gasteiger partial charge in [0.25, 0.3) is 0 Å². The van der Waals surface area contributed by atoms with Crippen molar-refractivity contribution in [3.8, 4) is 0 Å². The first-order chi connectivity index (χ1) is 7.41. The van der Waals surface area contributed by atoms with Gasteiger partial charge in [0.2, 0.25) is 10.0 Å². The molecule has 0 amide bonds. The van der Waals surface area contributed by atoms with Gasteiger partial charge in [-0.05, 0) is 25.8 Å². The summed E-state index contributed by atoms with van der Waals surface area (Å²) in [6.07, 6.45) is 4.30. The SMILES string of the molecule is C=C(CC)C1N(S(C)(=O)=O)CC12CCCN2. The van der Waals surface area contributed by atoms with E-state index >= 15 is 0 Å². The predicted octanol–water partition coefficient (Wildman–Crippen LogP) is 0.719. The van der Waals surface area contributed by atoms with Crippen molar-refractivity contribution in [1.29, 1.82) is 0 Å². The van der Waals surface area contributed by atoms with Gasteiger partial charge in [0.05, 0.1) is 17.8 Å². The molecule has 2 rings (SSSR count). The first kappa shape index (κ1) is 12.1. The Morgan fingerprint density at radius 3 is 2.75 bits per heavy atom. The van der Waals surface area contributed by atoms with Crippen molar-refractivity contribution >= 4 is 10.0 Å². The summed E-state index contributed by atoms with van der Waals surface area (Å²) in [6, 6.07) is -0.0324. The average molecular weight is 244 g/mol. The molecule has 2 atom stereocenters. The summed E-state index contributed by atoms with van der Waals surface area (Å²) in [4.78, 5) is 0. The van der Waals surface area contributed by atoms with Crippen molar-refractivity contribution in [1.82, 2.24) is 9.62 Å². The minimum atomic E-state index is -3.10. The molecule has 5 heteroatoms. The Hall–Kier alpha value is -0.390. The number of hydrogen-bond acceptors (Lipinski definition) is 3. The summed E-state index contributed by atoms with van der Waals surface area (Å²) in [6.45, 7) is 7.66. The van der Waals surface area contributed by atoms with Crippen molar-refractivity contribution in [3.05, 3.63) is 12.2 Å². The zero-order valence-electron chi connectivity index (χ0n) is 9.99. The van der Waals surface area contributed by atoms with Gasteiger partial charge in [-0.3, -0.25) is 0 Å². The first-order valence-corrected chi connectivity index (χ1v) is 7.65. The molecule has 0 aromatic heterocycles. The van der Waals surface area contributed by atoms with Crippen molar-refractivity contribution < 1.29 is 8.42 Å². The monoisotopic (exact) mass is 244 g/mol. The smallest absolute Gasteiger partial charge is 0.211 e. The van der Waals surface area contributed by atoms with E-state index in [0.717, 1.165) is 31.4 Å². The van der Waals surface area contributed by atoms with E-state index in [1.807, 2.05) is 6.92 Å². The van der Waals surface area contributed by atoms with Crippen LogP contribution in [0.1, 0.15) is 26.2 Å². The van der Waals surface area contributed by atoms with Crippen LogP contribution in [0.4, 0.5) is 0 Å². The van der Waals surface area contributed by atoms with Gasteiger partial charge in [-0.25, -0.2) is 8.42 Å². The molecule has 0 aliphatic carbocycles. The summed E-state index contributed by atoms with van der Waals surface area (Å²) in [5.74, 6) is 0. The first-order valence-electron chi connectivity index (χ1n) is 5.80. The fourth-order valence-corrected chi connectivity index (χ4v) is 4.11. The Kier molecular flexibility index (Phi) is 2.88. The van der Waals surface area contributed by atoms with Crippen LogP contribution in [-0.4, -0.2) is 43.6 Å². The Labute approximate surface area is 97.8 Å². The highest BCUT2D eigenvalue weighted by Crippen LogP contribution is 2.42. The molecule has 2 heterocycles. The van der Waals surface area contributed by atoms with Crippen LogP contribution < -0.4 is 5.32 Å². The summed E-state index contributed by atoms with van der Waals surface area (Å²) < 4.78 is 24.9. The van der Waals surface area contributed by atoms with Gasteiger partial charge in [-0.1, -0.05) is 19.1 Å². The lowest BCUT2D eigenvalue weighted by Crippen LogP contribution is -2.75. The third-order valence-electron chi connectivity index (χ3n) is 3.79. The minimum Gasteiger partial charge on any atom is -0.308 e. The molecule has 92 valence electrons. The molecule has 2 fully saturated rings. The Balaban J connectivity index is 2.25. The van der Waals surface area contributed by atoms with Crippen molar-refractivity contribution in [3.63, 3.8) is 0 Å². The zero-order chi connectivity index (χ0) is 12.0. The van der Waals surface area contributed by atoms with Gasteiger partial charge in [-0.15, -0.1) is 0 Å². The van der Waals surface area contributed by atoms with Crippen molar-refractivity contribution in [2.75, 3.05) is 19.3 Å². The normalized spacial score (nSPS) is 35.2. The largest absolute Gasteiger partial charge is 0.308 e. The topological polar surface area (TPSA) is 49.4 Å². The minimum absolute atomic E-state index is 0.0177. The molecular formula is C11H20N2O2S. The molecule has 0 bridgehead atoms. The van der Waals surface area contributed by atoms with E-state index in [-0.39, 0.29) is 11.6 Å². The Morgan fingerprint density at radius 1 is 1.62 bits per heavy atom. The maximum absolute atomic E-state index is 11.6. The molecule has 2 saturated heterocycles. The van der Waals surface area contributed by atoms with Gasteiger partial charge < -0.3 is 5.32 Å². The number of nitrogens with zero attached hydrogens (tertiary/aromatic N) is 1. The molecule has 0 radical (unpaired) electrons. The quantitative estimate of drug-likeness (QED) is 0.744. The molecule has 0 aromatic rings. The summed E-state index contributed by atoms with van der Waals surface area (Å²) in [5, 5.41) is 3.47. The van der Waals surface area contributed by atoms with E-state index in [0.29, 0.717) is 6.54 Å². The lowest BCUT2D eigenvalue weighted by molar-refractivity contribution is 0.0732. The molecule has 0 aromatic carbocycles. The second kappa shape index (κ2) is 3.82. The number of nitrogens with one attached hydrogen (secondary N) is 1. The van der Waals surface area contributed by atoms with Gasteiger partial charge in [0.1, 0.15) is 0 Å². The highest BCUT2D eigenvalue weighted by molar-refractivity contribution is 7.88. The van der Waals surface area contributed by atoms with Crippen LogP contribution in [0, 0.1) is 0 Å². The fourth-order valence-electron chi connectivity index (χ4n) is 2.91. The molecule has 2 aliphatic heterocycles. The maximum Gasteiger partial charge on any atom is 0.211 e. The third kappa shape index (κ3) is 1.71. The molecule has 4 nitrogen and oxygen atoms in total. The number of sulfonamides is 1. The van der Waals surface area contributed by atoms with Crippen molar-refractivity contribution in [2.24, 2.45) is 0 Å². The van der Waals surface area contributed by atoms with E-state index in [1.165, 1.54) is 6.26 Å². The van der Waals surface area contributed by atoms with Crippen LogP contribution in [0.3, 0.4) is 0 Å². The fraction of sp³-hybridized carbons (Fsp3) is 0.818. The summed E-state index contributed by atoms with van der Waals surface area (Å²) in [5.41, 5.74) is 1.00. The average Bonchev–Trinajstić information content (AvgIpc) is 2.63. The van der Waals surface area contributed by atoms with Crippen LogP contribution in [0.15, 0.2) is 12.2 Å². The predicted molar refractivity (Wildman–Crippen MR) is 64.7 cm³/mol. The van der Waals surface area contributed by atoms with E-state index in [1.54, 1.807) is 4.31 Å². The molecule has 0 saturated carbocycles. The second-order valence-corrected chi connectivity index (χ2v) is 6.84. The van der Waals surface area contributed by atoms with Gasteiger partial charge in [0, 0.05) is 6.54 Å². The zero-order valence-corrected chi connectivity index (χ0v) is 10.8. The van der Waals surface area contributed by atoms with Crippen LogP contribution >= 0.6 is 0 Å². The second-order valence-electron chi connectivity index (χ2n) is 4.91. The Bertz CT molecular complexity index is 396. The molecule has 1 spiro atoms. The van der Waals surface area contributed by atoms with Gasteiger partial charge >= 0.3 is 0 Å². The number of hydrogen-bond donors (Lipinski definition) is 1. The highest BCUT2D eigenvalue weighted by Gasteiger charge is 2.57. The Morgan fingerprint density at radius 2 is 2.31 bits per heavy atom. The molecule has 1 N–H and O–H groups in total. The maximum atomic E-state index is 11.6. The van der Waals surface area contributed by atoms with Crippen LogP contribution in [0.25, 0.3) is 0 Å². The standard InChI is InChI=1S/C11H20N2O2S/c1-4-9(2)10-11(6-5-7-12-11)8-13(10)16(3,14)15/h10,12H,2,4-8H2,1,3H3. The molecule has 16 heavy (non-hydrogen) atoms. The number of rotatable bonds is 3. The van der Waals surface area contributed by atoms with E-state index in [2.05, 4.69) is 11.9 Å². The van der Waals surface area contributed by atoms with Crippen molar-refractivity contribution in [2.45, 2.75) is 37.8 Å². The summed E-state index contributed by atoms with van der Waals surface area (Å²) in [7, 11) is -3.10. The van der Waals surface area contributed by atoms with Crippen LogP contribution in [0.2, 0.25) is 0 Å². The molecule has 2 unspecified atom stereocenters. The third-order valence-corrected chi connectivity index (χ3v) is 4.98. The highest BCUT2D eigenvalue weighted by atomic mass is 32.2. The molecular weight excluding hydrogens is 224 g/mol. The van der Waals surface area contributed by atoms with E-state index < -0.39 is 10.0 Å². The molecule has 2 aliphatic rings. The van der Waals surface area contributed by atoms with E-state index in [4.69, 9.17) is 0 Å². The van der Waals surface area contributed by atoms with Crippen LogP contribution in [-0.2, 0) is 10.0 Å². The lowest BCUT2D eigenvalue weighted by atomic mass is 9.76. The van der Waals surface area contributed by atoms with E-state index in [9.17, 15) is 8.42 Å².